The smallest absolute Gasteiger partial charge is 0.242 e. The Morgan fingerprint density at radius 3 is 2.62 bits per heavy atom. The molecule has 32 heavy (non-hydrogen) atoms. The SMILES string of the molecule is O=C(CCC1Cc2ccccc2NC1=O)NCC(=O)N1CCN(c2cccc(Cl)c2)CC1. The van der Waals surface area contributed by atoms with Crippen molar-refractivity contribution in [2.75, 3.05) is 42.9 Å². The number of hydrogen-bond acceptors (Lipinski definition) is 4. The van der Waals surface area contributed by atoms with Crippen molar-refractivity contribution < 1.29 is 14.4 Å². The summed E-state index contributed by atoms with van der Waals surface area (Å²) >= 11 is 6.07. The van der Waals surface area contributed by atoms with Gasteiger partial charge in [0.25, 0.3) is 0 Å². The highest BCUT2D eigenvalue weighted by Gasteiger charge is 2.26. The van der Waals surface area contributed by atoms with Crippen LogP contribution < -0.4 is 15.5 Å². The number of rotatable bonds is 6. The van der Waals surface area contributed by atoms with Gasteiger partial charge in [-0.05, 0) is 42.7 Å². The number of amides is 3. The summed E-state index contributed by atoms with van der Waals surface area (Å²) < 4.78 is 0. The predicted molar refractivity (Wildman–Crippen MR) is 125 cm³/mol. The maximum absolute atomic E-state index is 12.5. The third-order valence-corrected chi connectivity index (χ3v) is 6.31. The van der Waals surface area contributed by atoms with Crippen LogP contribution >= 0.6 is 11.6 Å². The Balaban J connectivity index is 1.18. The number of piperazine rings is 1. The number of benzene rings is 2. The normalized spacial score (nSPS) is 18.0. The van der Waals surface area contributed by atoms with Crippen molar-refractivity contribution in [3.8, 4) is 0 Å². The van der Waals surface area contributed by atoms with Crippen LogP contribution in [0, 0.1) is 5.92 Å². The lowest BCUT2D eigenvalue weighted by atomic mass is 9.89. The van der Waals surface area contributed by atoms with Crippen LogP contribution in [0.4, 0.5) is 11.4 Å². The molecule has 2 heterocycles. The van der Waals surface area contributed by atoms with Gasteiger partial charge in [0.05, 0.1) is 6.54 Å². The van der Waals surface area contributed by atoms with Gasteiger partial charge in [0.15, 0.2) is 0 Å². The molecular formula is C24H27ClN4O3. The molecule has 4 rings (SSSR count). The summed E-state index contributed by atoms with van der Waals surface area (Å²) in [5.74, 6) is -0.577. The van der Waals surface area contributed by atoms with Gasteiger partial charge >= 0.3 is 0 Å². The van der Waals surface area contributed by atoms with E-state index in [2.05, 4.69) is 15.5 Å². The Hall–Kier alpha value is -3.06. The molecule has 2 N–H and O–H groups in total. The molecule has 7 nitrogen and oxygen atoms in total. The molecule has 1 unspecified atom stereocenters. The zero-order valence-electron chi connectivity index (χ0n) is 17.9. The maximum Gasteiger partial charge on any atom is 0.242 e. The van der Waals surface area contributed by atoms with Crippen LogP contribution in [-0.2, 0) is 20.8 Å². The molecule has 1 atom stereocenters. The number of hydrogen-bond donors (Lipinski definition) is 2. The van der Waals surface area contributed by atoms with Crippen molar-refractivity contribution in [3.05, 3.63) is 59.1 Å². The van der Waals surface area contributed by atoms with Crippen LogP contribution in [0.5, 0.6) is 0 Å². The number of fused-ring (bicyclic) bond motifs is 1. The summed E-state index contributed by atoms with van der Waals surface area (Å²) in [5, 5.41) is 6.31. The third-order valence-electron chi connectivity index (χ3n) is 6.07. The maximum atomic E-state index is 12.5. The van der Waals surface area contributed by atoms with Crippen molar-refractivity contribution in [2.24, 2.45) is 5.92 Å². The molecule has 2 aliphatic heterocycles. The summed E-state index contributed by atoms with van der Waals surface area (Å²) in [6, 6.07) is 15.4. The molecule has 0 bridgehead atoms. The first-order valence-electron chi connectivity index (χ1n) is 10.9. The fourth-order valence-corrected chi connectivity index (χ4v) is 4.40. The second kappa shape index (κ2) is 10.0. The number of carbonyl (C=O) groups excluding carboxylic acids is 3. The zero-order valence-corrected chi connectivity index (χ0v) is 18.6. The van der Waals surface area contributed by atoms with Gasteiger partial charge in [0.2, 0.25) is 17.7 Å². The molecule has 2 aromatic carbocycles. The van der Waals surface area contributed by atoms with Gasteiger partial charge in [-0.3, -0.25) is 14.4 Å². The zero-order chi connectivity index (χ0) is 22.5. The Bertz CT molecular complexity index is 1000. The molecule has 0 aromatic heterocycles. The van der Waals surface area contributed by atoms with Crippen molar-refractivity contribution in [1.29, 1.82) is 0 Å². The monoisotopic (exact) mass is 454 g/mol. The van der Waals surface area contributed by atoms with E-state index in [4.69, 9.17) is 11.6 Å². The Labute approximate surface area is 192 Å². The van der Waals surface area contributed by atoms with E-state index >= 15 is 0 Å². The number of carbonyl (C=O) groups is 3. The molecule has 168 valence electrons. The molecule has 2 aromatic rings. The van der Waals surface area contributed by atoms with Crippen molar-refractivity contribution >= 4 is 40.7 Å². The Kier molecular flexibility index (Phi) is 6.95. The molecule has 2 aliphatic rings. The van der Waals surface area contributed by atoms with E-state index < -0.39 is 0 Å². The highest BCUT2D eigenvalue weighted by atomic mass is 35.5. The number of para-hydroxylation sites is 1. The number of halogens is 1. The number of anilines is 2. The topological polar surface area (TPSA) is 81.8 Å². The average molecular weight is 455 g/mol. The van der Waals surface area contributed by atoms with E-state index in [-0.39, 0.29) is 36.6 Å². The summed E-state index contributed by atoms with van der Waals surface area (Å²) in [6.07, 6.45) is 1.31. The molecule has 3 amide bonds. The number of nitrogens with zero attached hydrogens (tertiary/aromatic N) is 2. The van der Waals surface area contributed by atoms with Gasteiger partial charge in [-0.25, -0.2) is 0 Å². The summed E-state index contributed by atoms with van der Waals surface area (Å²) in [5.41, 5.74) is 2.98. The lowest BCUT2D eigenvalue weighted by Crippen LogP contribution is -2.51. The fourth-order valence-electron chi connectivity index (χ4n) is 4.21. The minimum atomic E-state index is -0.231. The van der Waals surface area contributed by atoms with Crippen LogP contribution in [-0.4, -0.2) is 55.3 Å². The minimum Gasteiger partial charge on any atom is -0.368 e. The van der Waals surface area contributed by atoms with Crippen molar-refractivity contribution in [1.82, 2.24) is 10.2 Å². The highest BCUT2D eigenvalue weighted by Crippen LogP contribution is 2.27. The van der Waals surface area contributed by atoms with E-state index in [9.17, 15) is 14.4 Å². The van der Waals surface area contributed by atoms with Gasteiger partial charge in [-0.15, -0.1) is 0 Å². The second-order valence-corrected chi connectivity index (χ2v) is 8.65. The lowest BCUT2D eigenvalue weighted by Gasteiger charge is -2.36. The standard InChI is InChI=1S/C24H27ClN4O3/c25-19-5-3-6-20(15-19)28-10-12-29(13-11-28)23(31)16-26-22(30)9-8-18-14-17-4-1-2-7-21(17)27-24(18)32/h1-7,15,18H,8-14,16H2,(H,26,30)(H,27,32). The van der Waals surface area contributed by atoms with Gasteiger partial charge in [-0.2, -0.15) is 0 Å². The third kappa shape index (κ3) is 5.40. The van der Waals surface area contributed by atoms with Gasteiger partial charge < -0.3 is 20.4 Å². The first-order chi connectivity index (χ1) is 15.5. The van der Waals surface area contributed by atoms with E-state index in [0.717, 1.165) is 30.0 Å². The quantitative estimate of drug-likeness (QED) is 0.703. The van der Waals surface area contributed by atoms with Crippen LogP contribution in [0.2, 0.25) is 5.02 Å². The van der Waals surface area contributed by atoms with E-state index in [1.165, 1.54) is 0 Å². The first-order valence-corrected chi connectivity index (χ1v) is 11.3. The molecule has 0 radical (unpaired) electrons. The van der Waals surface area contributed by atoms with E-state index in [0.29, 0.717) is 31.0 Å². The first kappa shape index (κ1) is 22.1. The molecular weight excluding hydrogens is 428 g/mol. The fraction of sp³-hybridized carbons (Fsp3) is 0.375. The summed E-state index contributed by atoms with van der Waals surface area (Å²) in [6.45, 7) is 2.62. The van der Waals surface area contributed by atoms with Crippen LogP contribution in [0.15, 0.2) is 48.5 Å². The van der Waals surface area contributed by atoms with E-state index in [1.807, 2.05) is 48.5 Å². The number of nitrogens with one attached hydrogen (secondary N) is 2. The summed E-state index contributed by atoms with van der Waals surface area (Å²) in [7, 11) is 0. The minimum absolute atomic E-state index is 0.0182. The highest BCUT2D eigenvalue weighted by molar-refractivity contribution is 6.30. The molecule has 1 fully saturated rings. The largest absolute Gasteiger partial charge is 0.368 e. The van der Waals surface area contributed by atoms with Gasteiger partial charge in [0.1, 0.15) is 0 Å². The second-order valence-electron chi connectivity index (χ2n) is 8.21. The Morgan fingerprint density at radius 2 is 1.84 bits per heavy atom. The average Bonchev–Trinajstić information content (AvgIpc) is 2.81. The lowest BCUT2D eigenvalue weighted by molar-refractivity contribution is -0.133. The van der Waals surface area contributed by atoms with Crippen molar-refractivity contribution in [3.63, 3.8) is 0 Å². The van der Waals surface area contributed by atoms with Crippen molar-refractivity contribution in [2.45, 2.75) is 19.3 Å². The van der Waals surface area contributed by atoms with Gasteiger partial charge in [0, 0.05) is 54.9 Å². The molecule has 8 heteroatoms. The summed E-state index contributed by atoms with van der Waals surface area (Å²) in [4.78, 5) is 41.0. The Morgan fingerprint density at radius 1 is 1.06 bits per heavy atom. The van der Waals surface area contributed by atoms with Crippen LogP contribution in [0.25, 0.3) is 0 Å². The van der Waals surface area contributed by atoms with Crippen LogP contribution in [0.1, 0.15) is 18.4 Å². The molecule has 0 aliphatic carbocycles. The molecule has 0 saturated carbocycles. The predicted octanol–water partition coefficient (Wildman–Crippen LogP) is 2.70. The van der Waals surface area contributed by atoms with Gasteiger partial charge in [-0.1, -0.05) is 35.9 Å². The van der Waals surface area contributed by atoms with E-state index in [1.54, 1.807) is 4.90 Å². The molecule has 0 spiro atoms. The molecule has 1 saturated heterocycles. The van der Waals surface area contributed by atoms with Crippen LogP contribution in [0.3, 0.4) is 0 Å².